The molecule has 2 rings (SSSR count). The van der Waals surface area contributed by atoms with Gasteiger partial charge in [0.15, 0.2) is 5.76 Å². The first-order valence-electron chi connectivity index (χ1n) is 8.83. The van der Waals surface area contributed by atoms with Gasteiger partial charge in [-0.25, -0.2) is 0 Å². The van der Waals surface area contributed by atoms with E-state index in [9.17, 15) is 9.59 Å². The van der Waals surface area contributed by atoms with Gasteiger partial charge in [-0.1, -0.05) is 12.1 Å². The molecule has 2 aromatic rings. The van der Waals surface area contributed by atoms with Gasteiger partial charge in [-0.05, 0) is 57.0 Å². The first-order chi connectivity index (χ1) is 12.5. The van der Waals surface area contributed by atoms with Crippen molar-refractivity contribution in [1.29, 1.82) is 0 Å². The van der Waals surface area contributed by atoms with Crippen LogP contribution in [0.4, 0.5) is 0 Å². The molecule has 1 atom stereocenters. The van der Waals surface area contributed by atoms with Gasteiger partial charge in [0, 0.05) is 13.0 Å². The standard InChI is InChI=1S/C20H26N2O4/c1-14(2)26-17-10-8-16(9-11-17)15(3)22-19(23)7-4-12-21-20(24)18-6-5-13-25-18/h5-6,8-11,13-15H,4,7,12H2,1-3H3,(H,21,24)(H,22,23). The van der Waals surface area contributed by atoms with Gasteiger partial charge in [-0.3, -0.25) is 9.59 Å². The van der Waals surface area contributed by atoms with E-state index in [2.05, 4.69) is 10.6 Å². The van der Waals surface area contributed by atoms with Gasteiger partial charge in [-0.2, -0.15) is 0 Å². The minimum absolute atomic E-state index is 0.0488. The van der Waals surface area contributed by atoms with Gasteiger partial charge in [-0.15, -0.1) is 0 Å². The number of hydrogen-bond donors (Lipinski definition) is 2. The number of carbonyl (C=O) groups is 2. The summed E-state index contributed by atoms with van der Waals surface area (Å²) in [4.78, 5) is 23.7. The molecule has 6 nitrogen and oxygen atoms in total. The fourth-order valence-corrected chi connectivity index (χ4v) is 2.45. The van der Waals surface area contributed by atoms with Gasteiger partial charge in [0.25, 0.3) is 5.91 Å². The van der Waals surface area contributed by atoms with Gasteiger partial charge in [0.2, 0.25) is 5.91 Å². The summed E-state index contributed by atoms with van der Waals surface area (Å²) in [7, 11) is 0. The van der Waals surface area contributed by atoms with Crippen LogP contribution in [0.3, 0.4) is 0 Å². The second-order valence-electron chi connectivity index (χ2n) is 6.36. The first kappa shape index (κ1) is 19.6. The van der Waals surface area contributed by atoms with E-state index >= 15 is 0 Å². The number of nitrogens with one attached hydrogen (secondary N) is 2. The SMILES string of the molecule is CC(C)Oc1ccc(C(C)NC(=O)CCCNC(=O)c2ccco2)cc1. The molecule has 0 aliphatic carbocycles. The van der Waals surface area contributed by atoms with Crippen molar-refractivity contribution in [3.05, 3.63) is 54.0 Å². The Kier molecular flexibility index (Phi) is 7.26. The van der Waals surface area contributed by atoms with Gasteiger partial charge >= 0.3 is 0 Å². The van der Waals surface area contributed by atoms with Crippen molar-refractivity contribution in [2.45, 2.75) is 45.8 Å². The third-order valence-corrected chi connectivity index (χ3v) is 3.74. The number of hydrogen-bond acceptors (Lipinski definition) is 4. The molecule has 140 valence electrons. The molecule has 0 aliphatic rings. The van der Waals surface area contributed by atoms with Crippen molar-refractivity contribution < 1.29 is 18.7 Å². The highest BCUT2D eigenvalue weighted by Crippen LogP contribution is 2.18. The number of benzene rings is 1. The molecule has 2 amide bonds. The van der Waals surface area contributed by atoms with Crippen molar-refractivity contribution >= 4 is 11.8 Å². The van der Waals surface area contributed by atoms with Crippen LogP contribution < -0.4 is 15.4 Å². The Hall–Kier alpha value is -2.76. The lowest BCUT2D eigenvalue weighted by Gasteiger charge is -2.16. The number of carbonyl (C=O) groups excluding carboxylic acids is 2. The predicted octanol–water partition coefficient (Wildman–Crippen LogP) is 3.45. The highest BCUT2D eigenvalue weighted by molar-refractivity contribution is 5.91. The van der Waals surface area contributed by atoms with E-state index in [1.54, 1.807) is 12.1 Å². The summed E-state index contributed by atoms with van der Waals surface area (Å²) >= 11 is 0. The minimum Gasteiger partial charge on any atom is -0.491 e. The van der Waals surface area contributed by atoms with E-state index in [4.69, 9.17) is 9.15 Å². The van der Waals surface area contributed by atoms with Crippen molar-refractivity contribution in [2.75, 3.05) is 6.54 Å². The van der Waals surface area contributed by atoms with E-state index in [-0.39, 0.29) is 29.7 Å². The Bertz CT molecular complexity index is 693. The summed E-state index contributed by atoms with van der Waals surface area (Å²) in [6.07, 6.45) is 2.49. The number of amides is 2. The van der Waals surface area contributed by atoms with Crippen LogP contribution in [0, 0.1) is 0 Å². The molecular weight excluding hydrogens is 332 g/mol. The maximum atomic E-state index is 12.0. The average molecular weight is 358 g/mol. The molecule has 0 bridgehead atoms. The molecule has 0 fully saturated rings. The largest absolute Gasteiger partial charge is 0.491 e. The van der Waals surface area contributed by atoms with Crippen molar-refractivity contribution in [1.82, 2.24) is 10.6 Å². The number of ether oxygens (including phenoxy) is 1. The Morgan fingerprint density at radius 2 is 1.85 bits per heavy atom. The zero-order valence-electron chi connectivity index (χ0n) is 15.5. The quantitative estimate of drug-likeness (QED) is 0.673. The summed E-state index contributed by atoms with van der Waals surface area (Å²) < 4.78 is 10.6. The first-order valence-corrected chi connectivity index (χ1v) is 8.83. The maximum Gasteiger partial charge on any atom is 0.286 e. The summed E-state index contributed by atoms with van der Waals surface area (Å²) in [5, 5.41) is 5.68. The van der Waals surface area contributed by atoms with Crippen LogP contribution in [0.15, 0.2) is 47.1 Å². The highest BCUT2D eigenvalue weighted by Gasteiger charge is 2.11. The normalized spacial score (nSPS) is 11.8. The topological polar surface area (TPSA) is 80.6 Å². The summed E-state index contributed by atoms with van der Waals surface area (Å²) in [6, 6.07) is 10.9. The predicted molar refractivity (Wildman–Crippen MR) is 99.0 cm³/mol. The number of rotatable bonds is 9. The summed E-state index contributed by atoms with van der Waals surface area (Å²) in [5.41, 5.74) is 1.01. The van der Waals surface area contributed by atoms with Gasteiger partial charge in [0.05, 0.1) is 18.4 Å². The van der Waals surface area contributed by atoms with Crippen molar-refractivity contribution in [2.24, 2.45) is 0 Å². The average Bonchev–Trinajstić information content (AvgIpc) is 3.13. The summed E-state index contributed by atoms with van der Waals surface area (Å²) in [6.45, 7) is 6.32. The monoisotopic (exact) mass is 358 g/mol. The fourth-order valence-electron chi connectivity index (χ4n) is 2.45. The lowest BCUT2D eigenvalue weighted by Crippen LogP contribution is -2.28. The second kappa shape index (κ2) is 9.65. The summed E-state index contributed by atoms with van der Waals surface area (Å²) in [5.74, 6) is 0.766. The zero-order chi connectivity index (χ0) is 18.9. The van der Waals surface area contributed by atoms with E-state index in [0.717, 1.165) is 11.3 Å². The smallest absolute Gasteiger partial charge is 0.286 e. The number of furan rings is 1. The van der Waals surface area contributed by atoms with E-state index in [1.807, 2.05) is 45.0 Å². The van der Waals surface area contributed by atoms with Crippen LogP contribution in [-0.2, 0) is 4.79 Å². The molecule has 0 aliphatic heterocycles. The minimum atomic E-state index is -0.271. The molecule has 0 saturated carbocycles. The molecule has 26 heavy (non-hydrogen) atoms. The lowest BCUT2D eigenvalue weighted by molar-refractivity contribution is -0.121. The van der Waals surface area contributed by atoms with Crippen molar-refractivity contribution in [3.63, 3.8) is 0 Å². The highest BCUT2D eigenvalue weighted by atomic mass is 16.5. The third kappa shape index (κ3) is 6.27. The molecule has 1 heterocycles. The molecule has 1 aromatic heterocycles. The lowest BCUT2D eigenvalue weighted by atomic mass is 10.1. The Balaban J connectivity index is 1.69. The molecule has 0 saturated heterocycles. The molecule has 1 unspecified atom stereocenters. The maximum absolute atomic E-state index is 12.0. The van der Waals surface area contributed by atoms with Crippen LogP contribution in [0.1, 0.15) is 55.8 Å². The van der Waals surface area contributed by atoms with Gasteiger partial charge in [0.1, 0.15) is 5.75 Å². The fraction of sp³-hybridized carbons (Fsp3) is 0.400. The Labute approximate surface area is 153 Å². The molecule has 0 radical (unpaired) electrons. The van der Waals surface area contributed by atoms with Crippen molar-refractivity contribution in [3.8, 4) is 5.75 Å². The van der Waals surface area contributed by atoms with Gasteiger partial charge < -0.3 is 19.8 Å². The van der Waals surface area contributed by atoms with Crippen LogP contribution in [-0.4, -0.2) is 24.5 Å². The molecule has 1 aromatic carbocycles. The Morgan fingerprint density at radius 1 is 1.12 bits per heavy atom. The van der Waals surface area contributed by atoms with Crippen LogP contribution in [0.5, 0.6) is 5.75 Å². The Morgan fingerprint density at radius 3 is 2.46 bits per heavy atom. The molecule has 6 heteroatoms. The molecule has 0 spiro atoms. The molecular formula is C20H26N2O4. The third-order valence-electron chi connectivity index (χ3n) is 3.74. The van der Waals surface area contributed by atoms with E-state index in [1.165, 1.54) is 6.26 Å². The van der Waals surface area contributed by atoms with E-state index in [0.29, 0.717) is 19.4 Å². The van der Waals surface area contributed by atoms with Crippen LogP contribution in [0.25, 0.3) is 0 Å². The zero-order valence-corrected chi connectivity index (χ0v) is 15.5. The second-order valence-corrected chi connectivity index (χ2v) is 6.36. The molecule has 2 N–H and O–H groups in total. The van der Waals surface area contributed by atoms with E-state index < -0.39 is 0 Å². The van der Waals surface area contributed by atoms with Crippen LogP contribution >= 0.6 is 0 Å². The van der Waals surface area contributed by atoms with Crippen LogP contribution in [0.2, 0.25) is 0 Å².